The van der Waals surface area contributed by atoms with Gasteiger partial charge in [0.15, 0.2) is 0 Å². The molecule has 0 spiro atoms. The lowest BCUT2D eigenvalue weighted by atomic mass is 10.2. The molecule has 15 heavy (non-hydrogen) atoms. The summed E-state index contributed by atoms with van der Waals surface area (Å²) in [4.78, 5) is 22.6. The summed E-state index contributed by atoms with van der Waals surface area (Å²) in [5.74, 6) is -0.716. The van der Waals surface area contributed by atoms with Gasteiger partial charge in [-0.3, -0.25) is 9.59 Å². The summed E-state index contributed by atoms with van der Waals surface area (Å²) in [6.07, 6.45) is 1.59. The molecule has 0 aliphatic rings. The first-order valence-corrected chi connectivity index (χ1v) is 4.66. The van der Waals surface area contributed by atoms with Crippen molar-refractivity contribution in [3.8, 4) is 0 Å². The molecule has 1 unspecified atom stereocenters. The van der Waals surface area contributed by atoms with Crippen LogP contribution in [0.4, 0.5) is 0 Å². The summed E-state index contributed by atoms with van der Waals surface area (Å²) >= 11 is 0. The Hall–Kier alpha value is -1.65. The molecule has 5 heteroatoms. The van der Waals surface area contributed by atoms with E-state index in [1.54, 1.807) is 20.0 Å². The fourth-order valence-corrected chi connectivity index (χ4v) is 1.20. The second-order valence-electron chi connectivity index (χ2n) is 3.48. The molecule has 1 atom stereocenters. The van der Waals surface area contributed by atoms with Gasteiger partial charge in [0.2, 0.25) is 0 Å². The summed E-state index contributed by atoms with van der Waals surface area (Å²) in [6, 6.07) is 1.48. The van der Waals surface area contributed by atoms with E-state index in [2.05, 4.69) is 9.84 Å². The molecule has 82 valence electrons. The van der Waals surface area contributed by atoms with Crippen LogP contribution in [0, 0.1) is 12.8 Å². The zero-order valence-corrected chi connectivity index (χ0v) is 9.06. The number of methoxy groups -OCH3 is 1. The first kappa shape index (κ1) is 11.4. The van der Waals surface area contributed by atoms with Crippen LogP contribution in [0.25, 0.3) is 0 Å². The number of ether oxygens (including phenoxy) is 1. The first-order valence-electron chi connectivity index (χ1n) is 4.66. The van der Waals surface area contributed by atoms with Gasteiger partial charge < -0.3 is 4.74 Å². The van der Waals surface area contributed by atoms with Crippen molar-refractivity contribution in [3.05, 3.63) is 28.2 Å². The van der Waals surface area contributed by atoms with Crippen LogP contribution in [0.1, 0.15) is 12.5 Å². The topological polar surface area (TPSA) is 61.2 Å². The predicted molar refractivity (Wildman–Crippen MR) is 54.4 cm³/mol. The highest BCUT2D eigenvalue weighted by Crippen LogP contribution is 1.99. The summed E-state index contributed by atoms with van der Waals surface area (Å²) in [5, 5.41) is 3.93. The van der Waals surface area contributed by atoms with Crippen LogP contribution < -0.4 is 5.56 Å². The van der Waals surface area contributed by atoms with Crippen molar-refractivity contribution in [1.82, 2.24) is 9.78 Å². The Balaban J connectivity index is 2.81. The quantitative estimate of drug-likeness (QED) is 0.676. The van der Waals surface area contributed by atoms with Gasteiger partial charge >= 0.3 is 5.97 Å². The average molecular weight is 210 g/mol. The maximum Gasteiger partial charge on any atom is 0.310 e. The third kappa shape index (κ3) is 2.90. The van der Waals surface area contributed by atoms with Crippen molar-refractivity contribution in [2.45, 2.75) is 20.4 Å². The van der Waals surface area contributed by atoms with E-state index in [0.717, 1.165) is 5.56 Å². The van der Waals surface area contributed by atoms with Crippen LogP contribution in [0.3, 0.4) is 0 Å². The molecule has 0 aliphatic heterocycles. The number of rotatable bonds is 3. The molecule has 0 N–H and O–H groups in total. The normalized spacial score (nSPS) is 12.2. The highest BCUT2D eigenvalue weighted by Gasteiger charge is 2.14. The van der Waals surface area contributed by atoms with Crippen molar-refractivity contribution >= 4 is 5.97 Å². The minimum absolute atomic E-state index is 0.203. The lowest BCUT2D eigenvalue weighted by Crippen LogP contribution is -2.28. The van der Waals surface area contributed by atoms with E-state index in [4.69, 9.17) is 0 Å². The van der Waals surface area contributed by atoms with E-state index >= 15 is 0 Å². The second-order valence-corrected chi connectivity index (χ2v) is 3.48. The summed E-state index contributed by atoms with van der Waals surface area (Å²) in [6.45, 7) is 3.73. The number of carbonyl (C=O) groups excluding carboxylic acids is 1. The zero-order valence-electron chi connectivity index (χ0n) is 9.06. The van der Waals surface area contributed by atoms with Gasteiger partial charge in [0.25, 0.3) is 5.56 Å². The average Bonchev–Trinajstić information content (AvgIpc) is 2.20. The van der Waals surface area contributed by atoms with Gasteiger partial charge in [0.1, 0.15) is 0 Å². The number of aromatic nitrogens is 2. The largest absolute Gasteiger partial charge is 0.469 e. The number of carbonyl (C=O) groups is 1. The van der Waals surface area contributed by atoms with E-state index in [0.29, 0.717) is 0 Å². The van der Waals surface area contributed by atoms with Gasteiger partial charge in [-0.1, -0.05) is 6.92 Å². The van der Waals surface area contributed by atoms with Crippen LogP contribution in [0.2, 0.25) is 0 Å². The molecule has 0 fully saturated rings. The van der Waals surface area contributed by atoms with Crippen LogP contribution >= 0.6 is 0 Å². The van der Waals surface area contributed by atoms with Crippen molar-refractivity contribution in [1.29, 1.82) is 0 Å². The maximum atomic E-state index is 11.4. The Morgan fingerprint density at radius 1 is 1.67 bits per heavy atom. The van der Waals surface area contributed by atoms with Crippen LogP contribution in [0.15, 0.2) is 17.1 Å². The zero-order chi connectivity index (χ0) is 11.4. The number of esters is 1. The van der Waals surface area contributed by atoms with Gasteiger partial charge in [-0.05, 0) is 12.5 Å². The molecule has 5 nitrogen and oxygen atoms in total. The van der Waals surface area contributed by atoms with E-state index in [1.165, 1.54) is 17.9 Å². The third-order valence-electron chi connectivity index (χ3n) is 2.06. The molecular formula is C10H14N2O3. The van der Waals surface area contributed by atoms with E-state index in [9.17, 15) is 9.59 Å². The summed E-state index contributed by atoms with van der Waals surface area (Å²) < 4.78 is 5.82. The van der Waals surface area contributed by atoms with E-state index in [1.807, 2.05) is 0 Å². The number of aryl methyl sites for hydroxylation is 1. The molecule has 0 amide bonds. The van der Waals surface area contributed by atoms with Gasteiger partial charge in [0.05, 0.1) is 25.8 Å². The molecule has 0 aliphatic carbocycles. The van der Waals surface area contributed by atoms with Gasteiger partial charge in [-0.25, -0.2) is 4.68 Å². The third-order valence-corrected chi connectivity index (χ3v) is 2.06. The SMILES string of the molecule is COC(=O)C(C)Cn1ncc(C)cc1=O. The molecular weight excluding hydrogens is 196 g/mol. The Bertz CT molecular complexity index is 411. The molecule has 0 saturated heterocycles. The highest BCUT2D eigenvalue weighted by molar-refractivity contribution is 5.71. The summed E-state index contributed by atoms with van der Waals surface area (Å²) in [5.41, 5.74) is 0.604. The lowest BCUT2D eigenvalue weighted by Gasteiger charge is -2.09. The van der Waals surface area contributed by atoms with Crippen LogP contribution in [0.5, 0.6) is 0 Å². The van der Waals surface area contributed by atoms with E-state index in [-0.39, 0.29) is 24.0 Å². The first-order chi connectivity index (χ1) is 7.04. The molecule has 1 rings (SSSR count). The number of hydrogen-bond acceptors (Lipinski definition) is 4. The predicted octanol–water partition coefficient (Wildman–Crippen LogP) is 0.361. The fourth-order valence-electron chi connectivity index (χ4n) is 1.20. The summed E-state index contributed by atoms with van der Waals surface area (Å²) in [7, 11) is 1.32. The standard InChI is InChI=1S/C10H14N2O3/c1-7-4-9(13)12(11-5-7)6-8(2)10(14)15-3/h4-5,8H,6H2,1-3H3. The Morgan fingerprint density at radius 2 is 2.33 bits per heavy atom. The van der Waals surface area contributed by atoms with Crippen LogP contribution in [-0.2, 0) is 16.1 Å². The fraction of sp³-hybridized carbons (Fsp3) is 0.500. The van der Waals surface area contributed by atoms with Gasteiger partial charge in [-0.2, -0.15) is 5.10 Å². The molecule has 0 radical (unpaired) electrons. The van der Waals surface area contributed by atoms with Gasteiger partial charge in [-0.15, -0.1) is 0 Å². The molecule has 1 aromatic heterocycles. The van der Waals surface area contributed by atoms with Gasteiger partial charge in [0, 0.05) is 6.07 Å². The highest BCUT2D eigenvalue weighted by atomic mass is 16.5. The number of nitrogens with zero attached hydrogens (tertiary/aromatic N) is 2. The van der Waals surface area contributed by atoms with Crippen molar-refractivity contribution in [3.63, 3.8) is 0 Å². The lowest BCUT2D eigenvalue weighted by molar-refractivity contribution is -0.145. The van der Waals surface area contributed by atoms with Crippen molar-refractivity contribution in [2.75, 3.05) is 7.11 Å². The maximum absolute atomic E-state index is 11.4. The van der Waals surface area contributed by atoms with E-state index < -0.39 is 0 Å². The monoisotopic (exact) mass is 210 g/mol. The minimum atomic E-state index is -0.372. The molecule has 0 bridgehead atoms. The minimum Gasteiger partial charge on any atom is -0.469 e. The van der Waals surface area contributed by atoms with Crippen molar-refractivity contribution in [2.24, 2.45) is 5.92 Å². The second kappa shape index (κ2) is 4.72. The Kier molecular flexibility index (Phi) is 3.60. The smallest absolute Gasteiger partial charge is 0.310 e. The number of hydrogen-bond donors (Lipinski definition) is 0. The molecule has 0 aromatic carbocycles. The molecule has 0 saturated carbocycles. The molecule has 1 aromatic rings. The van der Waals surface area contributed by atoms with Crippen LogP contribution in [-0.4, -0.2) is 22.9 Å². The Morgan fingerprint density at radius 3 is 2.87 bits per heavy atom. The van der Waals surface area contributed by atoms with Crippen molar-refractivity contribution < 1.29 is 9.53 Å². The molecule has 1 heterocycles. The Labute approximate surface area is 87.7 Å².